The van der Waals surface area contributed by atoms with Gasteiger partial charge in [0.25, 0.3) is 0 Å². The van der Waals surface area contributed by atoms with Gasteiger partial charge in [0.1, 0.15) is 0 Å². The zero-order valence-corrected chi connectivity index (χ0v) is 19.9. The first-order valence-electron chi connectivity index (χ1n) is 12.7. The molecule has 4 aliphatic carbocycles. The minimum Gasteiger partial charge on any atom is -0.477 e. The molecule has 1 aromatic rings. The van der Waals surface area contributed by atoms with Gasteiger partial charge in [0.2, 0.25) is 5.88 Å². The number of nitrogens with zero attached hydrogens (tertiary/aromatic N) is 1. The molecule has 4 aliphatic rings. The largest absolute Gasteiger partial charge is 0.477 e. The fraction of sp³-hybridized carbons (Fsp3) is 0.750. The summed E-state index contributed by atoms with van der Waals surface area (Å²) in [5.41, 5.74) is 3.57. The molecule has 3 fully saturated rings. The maximum atomic E-state index is 10.2. The molecule has 170 valence electrons. The maximum Gasteiger partial charge on any atom is 0.213 e. The lowest BCUT2D eigenvalue weighted by molar-refractivity contribution is -0.0592. The summed E-state index contributed by atoms with van der Waals surface area (Å²) in [6.45, 7) is 10.4. The summed E-state index contributed by atoms with van der Waals surface area (Å²) in [5.74, 6) is 4.57. The first-order valence-corrected chi connectivity index (χ1v) is 12.7. The zero-order valence-electron chi connectivity index (χ0n) is 19.9. The molecular formula is C28H41NO2. The molecule has 0 unspecified atom stereocenters. The summed E-state index contributed by atoms with van der Waals surface area (Å²) in [6, 6.07) is 4.07. The molecule has 8 atom stereocenters. The number of allylic oxidation sites excluding steroid dienone is 1. The van der Waals surface area contributed by atoms with E-state index in [1.807, 2.05) is 18.3 Å². The number of aliphatic hydroxyl groups is 1. The Kier molecular flexibility index (Phi) is 5.48. The van der Waals surface area contributed by atoms with Crippen molar-refractivity contribution in [3.63, 3.8) is 0 Å². The SMILES string of the molecule is Cc1ccnc(OC[C@@H](C)[C@H]2CC[C@H]3[C@@H]4CC=C5C[C@@H](O)CC[C@]5(C)[C@H]4CC[C@]23C)c1. The zero-order chi connectivity index (χ0) is 21.8. The number of fused-ring (bicyclic) bond motifs is 5. The maximum absolute atomic E-state index is 10.2. The molecule has 31 heavy (non-hydrogen) atoms. The molecule has 1 aromatic heterocycles. The van der Waals surface area contributed by atoms with Crippen LogP contribution in [0.4, 0.5) is 0 Å². The highest BCUT2D eigenvalue weighted by Crippen LogP contribution is 2.67. The minimum absolute atomic E-state index is 0.107. The Hall–Kier alpha value is -1.35. The smallest absolute Gasteiger partial charge is 0.213 e. The summed E-state index contributed by atoms with van der Waals surface area (Å²) < 4.78 is 6.14. The fourth-order valence-corrected chi connectivity index (χ4v) is 8.54. The van der Waals surface area contributed by atoms with Gasteiger partial charge in [0.15, 0.2) is 0 Å². The fourth-order valence-electron chi connectivity index (χ4n) is 8.54. The van der Waals surface area contributed by atoms with Crippen LogP contribution in [0.1, 0.15) is 77.7 Å². The molecule has 3 heteroatoms. The molecule has 1 heterocycles. The van der Waals surface area contributed by atoms with Gasteiger partial charge in [-0.2, -0.15) is 0 Å². The lowest BCUT2D eigenvalue weighted by Gasteiger charge is -2.58. The number of aromatic nitrogens is 1. The van der Waals surface area contributed by atoms with Crippen molar-refractivity contribution in [1.29, 1.82) is 0 Å². The first-order chi connectivity index (χ1) is 14.8. The van der Waals surface area contributed by atoms with Gasteiger partial charge in [-0.15, -0.1) is 0 Å². The summed E-state index contributed by atoms with van der Waals surface area (Å²) in [6.07, 6.45) is 14.1. The molecule has 3 saturated carbocycles. The Balaban J connectivity index is 1.31. The van der Waals surface area contributed by atoms with Crippen molar-refractivity contribution in [3.05, 3.63) is 35.5 Å². The van der Waals surface area contributed by atoms with E-state index in [1.54, 1.807) is 5.57 Å². The number of aryl methyl sites for hydroxylation is 1. The minimum atomic E-state index is -0.107. The van der Waals surface area contributed by atoms with E-state index in [2.05, 4.69) is 38.8 Å². The predicted octanol–water partition coefficient (Wildman–Crippen LogP) is 6.34. The van der Waals surface area contributed by atoms with Gasteiger partial charge in [-0.05, 0) is 110 Å². The van der Waals surface area contributed by atoms with Crippen LogP contribution in [0.15, 0.2) is 30.0 Å². The molecule has 5 rings (SSSR count). The van der Waals surface area contributed by atoms with E-state index < -0.39 is 0 Å². The predicted molar refractivity (Wildman–Crippen MR) is 125 cm³/mol. The first kappa shape index (κ1) is 21.5. The highest BCUT2D eigenvalue weighted by Gasteiger charge is 2.59. The van der Waals surface area contributed by atoms with Crippen molar-refractivity contribution in [1.82, 2.24) is 4.98 Å². The number of pyridine rings is 1. The second-order valence-electron chi connectivity index (χ2n) is 11.8. The molecule has 0 saturated heterocycles. The van der Waals surface area contributed by atoms with Gasteiger partial charge in [-0.1, -0.05) is 32.4 Å². The van der Waals surface area contributed by atoms with Crippen molar-refractivity contribution in [3.8, 4) is 5.88 Å². The summed E-state index contributed by atoms with van der Waals surface area (Å²) in [4.78, 5) is 4.40. The third-order valence-electron chi connectivity index (χ3n) is 10.2. The Labute approximate surface area is 188 Å². The number of ether oxygens (including phenoxy) is 1. The van der Waals surface area contributed by atoms with Crippen LogP contribution < -0.4 is 4.74 Å². The van der Waals surface area contributed by atoms with Crippen molar-refractivity contribution < 1.29 is 9.84 Å². The number of rotatable bonds is 4. The third-order valence-corrected chi connectivity index (χ3v) is 10.2. The number of hydrogen-bond acceptors (Lipinski definition) is 3. The quantitative estimate of drug-likeness (QED) is 0.574. The van der Waals surface area contributed by atoms with Gasteiger partial charge in [-0.3, -0.25) is 0 Å². The highest BCUT2D eigenvalue weighted by molar-refractivity contribution is 5.25. The highest BCUT2D eigenvalue weighted by atomic mass is 16.5. The van der Waals surface area contributed by atoms with E-state index in [4.69, 9.17) is 4.74 Å². The van der Waals surface area contributed by atoms with E-state index >= 15 is 0 Å². The van der Waals surface area contributed by atoms with Crippen molar-refractivity contribution in [2.24, 2.45) is 40.4 Å². The average molecular weight is 424 g/mol. The number of hydrogen-bond donors (Lipinski definition) is 1. The van der Waals surface area contributed by atoms with Crippen LogP contribution >= 0.6 is 0 Å². The Morgan fingerprint density at radius 2 is 2.00 bits per heavy atom. The van der Waals surface area contributed by atoms with Crippen LogP contribution in [0.25, 0.3) is 0 Å². The standard InChI is InChI=1S/C28H41NO2/c1-18-11-14-29-26(15-18)31-17-19(2)23-7-8-24-22-6-5-20-16-21(30)9-12-27(20,3)25(22)10-13-28(23,24)4/h5,11,14-15,19,21-25,30H,6-10,12-13,16-17H2,1-4H3/t19-,21+,22+,23-,24+,25+,27+,28-/m1/s1. The monoisotopic (exact) mass is 423 g/mol. The van der Waals surface area contributed by atoms with Gasteiger partial charge in [0.05, 0.1) is 12.7 Å². The lowest BCUT2D eigenvalue weighted by Crippen LogP contribution is -2.51. The molecule has 1 N–H and O–H groups in total. The molecule has 3 nitrogen and oxygen atoms in total. The number of aliphatic hydroxyl groups excluding tert-OH is 1. The molecular weight excluding hydrogens is 382 g/mol. The van der Waals surface area contributed by atoms with Crippen LogP contribution in [-0.4, -0.2) is 22.8 Å². The van der Waals surface area contributed by atoms with Crippen molar-refractivity contribution >= 4 is 0 Å². The topological polar surface area (TPSA) is 42.4 Å². The normalized spacial score (nSPS) is 42.7. The van der Waals surface area contributed by atoms with Gasteiger partial charge < -0.3 is 9.84 Å². The van der Waals surface area contributed by atoms with E-state index in [9.17, 15) is 5.11 Å². The van der Waals surface area contributed by atoms with Crippen LogP contribution in [-0.2, 0) is 0 Å². The second kappa shape index (κ2) is 7.90. The van der Waals surface area contributed by atoms with Crippen molar-refractivity contribution in [2.75, 3.05) is 6.61 Å². The van der Waals surface area contributed by atoms with Crippen LogP contribution in [0.3, 0.4) is 0 Å². The van der Waals surface area contributed by atoms with Gasteiger partial charge >= 0.3 is 0 Å². The van der Waals surface area contributed by atoms with Crippen LogP contribution in [0.2, 0.25) is 0 Å². The molecule has 0 spiro atoms. The summed E-state index contributed by atoms with van der Waals surface area (Å²) in [7, 11) is 0. The van der Waals surface area contributed by atoms with E-state index in [-0.39, 0.29) is 6.10 Å². The lowest BCUT2D eigenvalue weighted by atomic mass is 9.47. The van der Waals surface area contributed by atoms with Crippen molar-refractivity contribution in [2.45, 2.75) is 85.2 Å². The Morgan fingerprint density at radius 3 is 2.81 bits per heavy atom. The average Bonchev–Trinajstić information content (AvgIpc) is 3.10. The van der Waals surface area contributed by atoms with E-state index in [0.29, 0.717) is 16.7 Å². The van der Waals surface area contributed by atoms with Crippen LogP contribution in [0.5, 0.6) is 5.88 Å². The second-order valence-corrected chi connectivity index (χ2v) is 11.8. The third kappa shape index (κ3) is 3.56. The Bertz CT molecular complexity index is 849. The molecule has 0 radical (unpaired) electrons. The summed E-state index contributed by atoms with van der Waals surface area (Å²) >= 11 is 0. The van der Waals surface area contributed by atoms with Gasteiger partial charge in [0, 0.05) is 12.3 Å². The van der Waals surface area contributed by atoms with Gasteiger partial charge in [-0.25, -0.2) is 4.98 Å². The molecule has 0 aliphatic heterocycles. The van der Waals surface area contributed by atoms with Crippen LogP contribution in [0, 0.1) is 47.3 Å². The van der Waals surface area contributed by atoms with E-state index in [1.165, 1.54) is 44.1 Å². The Morgan fingerprint density at radius 1 is 1.16 bits per heavy atom. The van der Waals surface area contributed by atoms with E-state index in [0.717, 1.165) is 49.0 Å². The summed E-state index contributed by atoms with van der Waals surface area (Å²) in [5, 5.41) is 10.2. The molecule has 0 bridgehead atoms. The molecule has 0 amide bonds. The molecule has 0 aromatic carbocycles.